The van der Waals surface area contributed by atoms with E-state index >= 15 is 0 Å². The normalized spacial score (nSPS) is 23.9. The van der Waals surface area contributed by atoms with Gasteiger partial charge in [-0.2, -0.15) is 0 Å². The Kier molecular flexibility index (Phi) is 4.42. The molecule has 0 bridgehead atoms. The molecule has 0 aliphatic heterocycles. The first kappa shape index (κ1) is 13.1. The molecule has 0 radical (unpaired) electrons. The van der Waals surface area contributed by atoms with Crippen LogP contribution in [-0.2, 0) is 0 Å². The summed E-state index contributed by atoms with van der Waals surface area (Å²) in [6.07, 6.45) is 4.71. The molecule has 1 heterocycles. The van der Waals surface area contributed by atoms with E-state index in [9.17, 15) is 4.79 Å². The predicted molar refractivity (Wildman–Crippen MR) is 70.3 cm³/mol. The van der Waals surface area contributed by atoms with E-state index in [1.165, 1.54) is 25.7 Å². The van der Waals surface area contributed by atoms with Crippen LogP contribution in [0, 0.1) is 18.8 Å². The standard InChI is InChI=1S/C14H22N2O2/c1-10-2-7-13(18-10)14(17)16-9-12-5-3-11(8-15)4-6-12/h2,7,11-12H,3-6,8-9,15H2,1H3,(H,16,17). The second-order valence-corrected chi connectivity index (χ2v) is 5.24. The van der Waals surface area contributed by atoms with Crippen molar-refractivity contribution in [2.75, 3.05) is 13.1 Å². The van der Waals surface area contributed by atoms with Gasteiger partial charge >= 0.3 is 0 Å². The quantitative estimate of drug-likeness (QED) is 0.859. The van der Waals surface area contributed by atoms with E-state index in [4.69, 9.17) is 10.2 Å². The third-order valence-electron chi connectivity index (χ3n) is 3.82. The smallest absolute Gasteiger partial charge is 0.287 e. The summed E-state index contributed by atoms with van der Waals surface area (Å²) in [6, 6.07) is 3.53. The Hall–Kier alpha value is -1.29. The molecular formula is C14H22N2O2. The van der Waals surface area contributed by atoms with Gasteiger partial charge in [0.2, 0.25) is 0 Å². The van der Waals surface area contributed by atoms with Crippen LogP contribution in [0.3, 0.4) is 0 Å². The summed E-state index contributed by atoms with van der Waals surface area (Å²) >= 11 is 0. The topological polar surface area (TPSA) is 68.3 Å². The van der Waals surface area contributed by atoms with Gasteiger partial charge in [-0.05, 0) is 63.1 Å². The molecule has 1 amide bonds. The Bertz CT molecular complexity index is 392. The number of carbonyl (C=O) groups excluding carboxylic acids is 1. The van der Waals surface area contributed by atoms with E-state index in [0.29, 0.717) is 17.6 Å². The van der Waals surface area contributed by atoms with Crippen LogP contribution in [0.25, 0.3) is 0 Å². The number of rotatable bonds is 4. The molecule has 4 nitrogen and oxygen atoms in total. The summed E-state index contributed by atoms with van der Waals surface area (Å²) in [4.78, 5) is 11.8. The average Bonchev–Trinajstić information content (AvgIpc) is 2.83. The maximum atomic E-state index is 11.8. The minimum atomic E-state index is -0.107. The van der Waals surface area contributed by atoms with Gasteiger partial charge in [0.25, 0.3) is 5.91 Å². The summed E-state index contributed by atoms with van der Waals surface area (Å²) in [6.45, 7) is 3.38. The molecule has 0 atom stereocenters. The predicted octanol–water partition coefficient (Wildman–Crippen LogP) is 2.08. The third kappa shape index (κ3) is 3.35. The molecule has 100 valence electrons. The highest BCUT2D eigenvalue weighted by molar-refractivity contribution is 5.91. The van der Waals surface area contributed by atoms with Gasteiger partial charge in [0.1, 0.15) is 5.76 Å². The zero-order chi connectivity index (χ0) is 13.0. The lowest BCUT2D eigenvalue weighted by Gasteiger charge is -2.27. The van der Waals surface area contributed by atoms with Gasteiger partial charge in [-0.1, -0.05) is 0 Å². The number of carbonyl (C=O) groups is 1. The van der Waals surface area contributed by atoms with Crippen molar-refractivity contribution in [3.63, 3.8) is 0 Å². The van der Waals surface area contributed by atoms with Gasteiger partial charge < -0.3 is 15.5 Å². The third-order valence-corrected chi connectivity index (χ3v) is 3.82. The number of amides is 1. The number of hydrogen-bond acceptors (Lipinski definition) is 3. The van der Waals surface area contributed by atoms with E-state index in [1.807, 2.05) is 6.92 Å². The number of nitrogens with one attached hydrogen (secondary N) is 1. The van der Waals surface area contributed by atoms with Crippen LogP contribution >= 0.6 is 0 Å². The monoisotopic (exact) mass is 250 g/mol. The summed E-state index contributed by atoms with van der Waals surface area (Å²) in [5.74, 6) is 2.34. The average molecular weight is 250 g/mol. The maximum Gasteiger partial charge on any atom is 0.287 e. The number of furan rings is 1. The minimum absolute atomic E-state index is 0.107. The van der Waals surface area contributed by atoms with Crippen LogP contribution in [0.15, 0.2) is 16.5 Å². The zero-order valence-corrected chi connectivity index (χ0v) is 10.9. The first-order valence-electron chi connectivity index (χ1n) is 6.73. The van der Waals surface area contributed by atoms with Crippen molar-refractivity contribution >= 4 is 5.91 Å². The molecule has 1 aliphatic rings. The summed E-state index contributed by atoms with van der Waals surface area (Å²) in [5.41, 5.74) is 5.67. The van der Waals surface area contributed by atoms with E-state index in [2.05, 4.69) is 5.32 Å². The Morgan fingerprint density at radius 2 is 2.00 bits per heavy atom. The molecular weight excluding hydrogens is 228 g/mol. The summed E-state index contributed by atoms with van der Waals surface area (Å²) in [7, 11) is 0. The Labute approximate surface area is 108 Å². The van der Waals surface area contributed by atoms with Gasteiger partial charge in [-0.25, -0.2) is 0 Å². The minimum Gasteiger partial charge on any atom is -0.456 e. The molecule has 3 N–H and O–H groups in total. The highest BCUT2D eigenvalue weighted by atomic mass is 16.3. The van der Waals surface area contributed by atoms with Crippen molar-refractivity contribution < 1.29 is 9.21 Å². The Morgan fingerprint density at radius 3 is 2.56 bits per heavy atom. The van der Waals surface area contributed by atoms with Crippen LogP contribution in [0.4, 0.5) is 0 Å². The maximum absolute atomic E-state index is 11.8. The van der Waals surface area contributed by atoms with Gasteiger partial charge in [0.15, 0.2) is 5.76 Å². The zero-order valence-electron chi connectivity index (χ0n) is 10.9. The van der Waals surface area contributed by atoms with Gasteiger partial charge in [0.05, 0.1) is 0 Å². The fraction of sp³-hybridized carbons (Fsp3) is 0.643. The SMILES string of the molecule is Cc1ccc(C(=O)NCC2CCC(CN)CC2)o1. The number of hydrogen-bond donors (Lipinski definition) is 2. The number of aryl methyl sites for hydroxylation is 1. The lowest BCUT2D eigenvalue weighted by atomic mass is 9.82. The van der Waals surface area contributed by atoms with Crippen LogP contribution in [0.5, 0.6) is 0 Å². The van der Waals surface area contributed by atoms with Crippen molar-refractivity contribution in [1.29, 1.82) is 0 Å². The van der Waals surface area contributed by atoms with E-state index in [0.717, 1.165) is 18.8 Å². The summed E-state index contributed by atoms with van der Waals surface area (Å²) < 4.78 is 5.29. The van der Waals surface area contributed by atoms with Crippen LogP contribution in [0.1, 0.15) is 42.0 Å². The lowest BCUT2D eigenvalue weighted by molar-refractivity contribution is 0.0912. The Morgan fingerprint density at radius 1 is 1.33 bits per heavy atom. The van der Waals surface area contributed by atoms with Crippen LogP contribution in [-0.4, -0.2) is 19.0 Å². The molecule has 18 heavy (non-hydrogen) atoms. The lowest BCUT2D eigenvalue weighted by Crippen LogP contribution is -2.32. The second kappa shape index (κ2) is 6.05. The molecule has 2 rings (SSSR count). The number of nitrogens with two attached hydrogens (primary N) is 1. The van der Waals surface area contributed by atoms with Crippen molar-refractivity contribution in [2.45, 2.75) is 32.6 Å². The Balaban J connectivity index is 1.74. The molecule has 1 fully saturated rings. The van der Waals surface area contributed by atoms with Crippen molar-refractivity contribution in [2.24, 2.45) is 17.6 Å². The second-order valence-electron chi connectivity index (χ2n) is 5.24. The molecule has 1 aromatic rings. The molecule has 0 unspecified atom stereocenters. The molecule has 0 spiro atoms. The van der Waals surface area contributed by atoms with Gasteiger partial charge in [0, 0.05) is 6.54 Å². The van der Waals surface area contributed by atoms with Crippen LogP contribution < -0.4 is 11.1 Å². The van der Waals surface area contributed by atoms with E-state index in [1.54, 1.807) is 12.1 Å². The highest BCUT2D eigenvalue weighted by Crippen LogP contribution is 2.27. The van der Waals surface area contributed by atoms with Crippen molar-refractivity contribution in [1.82, 2.24) is 5.32 Å². The largest absolute Gasteiger partial charge is 0.456 e. The van der Waals surface area contributed by atoms with E-state index < -0.39 is 0 Å². The van der Waals surface area contributed by atoms with Crippen molar-refractivity contribution in [3.8, 4) is 0 Å². The van der Waals surface area contributed by atoms with Gasteiger partial charge in [-0.15, -0.1) is 0 Å². The fourth-order valence-corrected chi connectivity index (χ4v) is 2.55. The molecule has 1 aliphatic carbocycles. The van der Waals surface area contributed by atoms with Gasteiger partial charge in [-0.3, -0.25) is 4.79 Å². The van der Waals surface area contributed by atoms with Crippen LogP contribution in [0.2, 0.25) is 0 Å². The molecule has 4 heteroatoms. The van der Waals surface area contributed by atoms with E-state index in [-0.39, 0.29) is 5.91 Å². The molecule has 1 aromatic heterocycles. The first-order chi connectivity index (χ1) is 8.69. The van der Waals surface area contributed by atoms with Crippen molar-refractivity contribution in [3.05, 3.63) is 23.7 Å². The summed E-state index contributed by atoms with van der Waals surface area (Å²) in [5, 5.41) is 2.95. The molecule has 0 aromatic carbocycles. The first-order valence-corrected chi connectivity index (χ1v) is 6.73. The highest BCUT2D eigenvalue weighted by Gasteiger charge is 2.21. The molecule has 0 saturated heterocycles. The molecule has 1 saturated carbocycles. The fourth-order valence-electron chi connectivity index (χ4n) is 2.55.